The molecule has 0 atom stereocenters. The van der Waals surface area contributed by atoms with E-state index in [0.717, 1.165) is 0 Å². The molecule has 8 nitrogen and oxygen atoms in total. The third-order valence-corrected chi connectivity index (χ3v) is 5.58. The fourth-order valence-electron chi connectivity index (χ4n) is 3.30. The number of hydrogen-bond acceptors (Lipinski definition) is 6. The average molecular weight is 356 g/mol. The summed E-state index contributed by atoms with van der Waals surface area (Å²) in [6.07, 6.45) is 1.54. The molecule has 0 unspecified atom stereocenters. The first-order valence-corrected chi connectivity index (χ1v) is 8.68. The summed E-state index contributed by atoms with van der Waals surface area (Å²) in [6, 6.07) is 1.27. The molecule has 1 fully saturated rings. The van der Waals surface area contributed by atoms with Gasteiger partial charge in [-0.2, -0.15) is 12.7 Å². The smallest absolute Gasteiger partial charge is 0.352 e. The van der Waals surface area contributed by atoms with E-state index in [1.807, 2.05) is 0 Å². The van der Waals surface area contributed by atoms with E-state index in [-0.39, 0.29) is 16.3 Å². The Labute approximate surface area is 136 Å². The summed E-state index contributed by atoms with van der Waals surface area (Å²) < 4.78 is 53.2. The van der Waals surface area contributed by atoms with Crippen LogP contribution in [0.1, 0.15) is 17.5 Å². The molecule has 2 heterocycles. The van der Waals surface area contributed by atoms with Crippen LogP contribution in [-0.2, 0) is 37.3 Å². The van der Waals surface area contributed by atoms with Gasteiger partial charge in [0.05, 0.1) is 13.2 Å². The van der Waals surface area contributed by atoms with Crippen LogP contribution in [0, 0.1) is 5.82 Å². The topological polar surface area (TPSA) is 106 Å². The first kappa shape index (κ1) is 15.5. The number of aryl methyl sites for hydroxylation is 1. The number of hydrogen-bond donors (Lipinski definition) is 1. The van der Waals surface area contributed by atoms with Crippen LogP contribution in [0.4, 0.5) is 10.1 Å². The zero-order chi connectivity index (χ0) is 17.1. The lowest BCUT2D eigenvalue weighted by Crippen LogP contribution is -2.38. The molecule has 0 bridgehead atoms. The Balaban J connectivity index is 1.85. The van der Waals surface area contributed by atoms with Gasteiger partial charge in [0.15, 0.2) is 11.6 Å². The summed E-state index contributed by atoms with van der Waals surface area (Å²) in [6.45, 7) is 0.795. The maximum absolute atomic E-state index is 15.0. The molecule has 1 saturated heterocycles. The molecule has 1 aromatic rings. The third-order valence-electron chi connectivity index (χ3n) is 4.38. The number of ether oxygens (including phenoxy) is 2. The monoisotopic (exact) mass is 356 g/mol. The number of nitrogens with zero attached hydrogens (tertiary/aromatic N) is 2. The zero-order valence-corrected chi connectivity index (χ0v) is 13.2. The molecule has 10 heteroatoms. The second kappa shape index (κ2) is 4.98. The molecule has 0 radical (unpaired) electrons. The van der Waals surface area contributed by atoms with Crippen molar-refractivity contribution >= 4 is 28.0 Å². The van der Waals surface area contributed by atoms with E-state index in [4.69, 9.17) is 9.47 Å². The lowest BCUT2D eigenvalue weighted by Gasteiger charge is -2.33. The summed E-state index contributed by atoms with van der Waals surface area (Å²) in [4.78, 5) is 11.8. The SMILES string of the molecule is O=C1C=NS(=O)(=O)N1c1c(O)cc2c(c1F)CC1(CC2)OCCO1. The van der Waals surface area contributed by atoms with E-state index < -0.39 is 39.2 Å². The van der Waals surface area contributed by atoms with Crippen LogP contribution in [0.5, 0.6) is 5.75 Å². The molecule has 0 aromatic heterocycles. The van der Waals surface area contributed by atoms with Crippen LogP contribution >= 0.6 is 0 Å². The number of benzene rings is 1. The molecule has 3 aliphatic rings. The second-order valence-corrected chi connectivity index (χ2v) is 7.27. The van der Waals surface area contributed by atoms with Crippen molar-refractivity contribution in [2.24, 2.45) is 4.40 Å². The molecule has 1 amide bonds. The van der Waals surface area contributed by atoms with E-state index in [9.17, 15) is 18.3 Å². The van der Waals surface area contributed by atoms with Crippen LogP contribution in [0.3, 0.4) is 0 Å². The Morgan fingerprint density at radius 2 is 2.04 bits per heavy atom. The van der Waals surface area contributed by atoms with Gasteiger partial charge in [-0.3, -0.25) is 4.79 Å². The first-order chi connectivity index (χ1) is 11.3. The Morgan fingerprint density at radius 3 is 2.67 bits per heavy atom. The minimum atomic E-state index is -4.40. The molecule has 24 heavy (non-hydrogen) atoms. The number of amides is 1. The molecule has 1 spiro atoms. The van der Waals surface area contributed by atoms with Gasteiger partial charge >= 0.3 is 10.2 Å². The largest absolute Gasteiger partial charge is 0.506 e. The average Bonchev–Trinajstić information content (AvgIpc) is 3.08. The van der Waals surface area contributed by atoms with Crippen molar-refractivity contribution in [3.8, 4) is 5.75 Å². The molecule has 2 aliphatic heterocycles. The molecule has 128 valence electrons. The van der Waals surface area contributed by atoms with Gasteiger partial charge in [-0.25, -0.2) is 4.39 Å². The minimum Gasteiger partial charge on any atom is -0.506 e. The quantitative estimate of drug-likeness (QED) is 0.782. The molecular formula is C14H13FN2O6S. The number of fused-ring (bicyclic) bond motifs is 1. The van der Waals surface area contributed by atoms with E-state index in [0.29, 0.717) is 37.8 Å². The predicted molar refractivity (Wildman–Crippen MR) is 79.6 cm³/mol. The Hall–Kier alpha value is -2.04. The summed E-state index contributed by atoms with van der Waals surface area (Å²) >= 11 is 0. The lowest BCUT2D eigenvalue weighted by atomic mass is 9.86. The van der Waals surface area contributed by atoms with Gasteiger partial charge in [-0.05, 0) is 23.6 Å². The van der Waals surface area contributed by atoms with Crippen molar-refractivity contribution in [3.63, 3.8) is 0 Å². The highest BCUT2D eigenvalue weighted by Gasteiger charge is 2.44. The molecule has 1 N–H and O–H groups in total. The van der Waals surface area contributed by atoms with Crippen molar-refractivity contribution in [2.75, 3.05) is 17.5 Å². The lowest BCUT2D eigenvalue weighted by molar-refractivity contribution is -0.164. The van der Waals surface area contributed by atoms with Crippen molar-refractivity contribution in [3.05, 3.63) is 23.0 Å². The van der Waals surface area contributed by atoms with E-state index in [1.165, 1.54) is 6.07 Å². The maximum Gasteiger partial charge on any atom is 0.352 e. The van der Waals surface area contributed by atoms with Gasteiger partial charge in [0.1, 0.15) is 17.7 Å². The van der Waals surface area contributed by atoms with Gasteiger partial charge in [0, 0.05) is 12.8 Å². The summed E-state index contributed by atoms with van der Waals surface area (Å²) in [5.41, 5.74) is -0.0133. The van der Waals surface area contributed by atoms with Crippen LogP contribution in [0.25, 0.3) is 0 Å². The Kier molecular flexibility index (Phi) is 3.21. The highest BCUT2D eigenvalue weighted by atomic mass is 32.2. The summed E-state index contributed by atoms with van der Waals surface area (Å²) in [5, 5.41) is 10.1. The molecular weight excluding hydrogens is 343 g/mol. The van der Waals surface area contributed by atoms with Crippen molar-refractivity contribution < 1.29 is 32.2 Å². The zero-order valence-electron chi connectivity index (χ0n) is 12.4. The van der Waals surface area contributed by atoms with Gasteiger partial charge in [0.2, 0.25) is 0 Å². The van der Waals surface area contributed by atoms with Crippen LogP contribution in [0.2, 0.25) is 0 Å². The Morgan fingerprint density at radius 1 is 1.33 bits per heavy atom. The van der Waals surface area contributed by atoms with Gasteiger partial charge in [-0.1, -0.05) is 0 Å². The normalized spacial score (nSPS) is 23.9. The van der Waals surface area contributed by atoms with Crippen LogP contribution in [-0.4, -0.2) is 44.6 Å². The molecule has 0 saturated carbocycles. The van der Waals surface area contributed by atoms with Crippen molar-refractivity contribution in [2.45, 2.75) is 25.0 Å². The predicted octanol–water partition coefficient (Wildman–Crippen LogP) is 0.425. The number of halogens is 1. The number of phenolic OH excluding ortho intramolecular Hbond substituents is 1. The van der Waals surface area contributed by atoms with Gasteiger partial charge in [0.25, 0.3) is 5.91 Å². The molecule has 1 aromatic carbocycles. The summed E-state index contributed by atoms with van der Waals surface area (Å²) in [7, 11) is -4.40. The van der Waals surface area contributed by atoms with Crippen molar-refractivity contribution in [1.29, 1.82) is 0 Å². The maximum atomic E-state index is 15.0. The van der Waals surface area contributed by atoms with Crippen LogP contribution in [0.15, 0.2) is 10.5 Å². The number of carbonyl (C=O) groups excluding carboxylic acids is 1. The Bertz CT molecular complexity index is 876. The molecule has 1 aliphatic carbocycles. The first-order valence-electron chi connectivity index (χ1n) is 7.29. The number of aromatic hydroxyl groups is 1. The standard InChI is InChI=1S/C14H13FN2O6S/c15-12-9-6-14(22-3-4-23-14)2-1-8(9)5-10(18)13(12)17-11(19)7-16-24(17,20)21/h5,7,18H,1-4,6H2. The van der Waals surface area contributed by atoms with Crippen molar-refractivity contribution in [1.82, 2.24) is 0 Å². The number of carbonyl (C=O) groups is 1. The number of phenols is 1. The van der Waals surface area contributed by atoms with E-state index in [1.54, 1.807) is 0 Å². The third kappa shape index (κ3) is 2.14. The molecule has 4 rings (SSSR count). The van der Waals surface area contributed by atoms with E-state index in [2.05, 4.69) is 4.40 Å². The fraction of sp³-hybridized carbons (Fsp3) is 0.429. The number of rotatable bonds is 1. The fourth-order valence-corrected chi connectivity index (χ4v) is 4.30. The van der Waals surface area contributed by atoms with E-state index >= 15 is 4.39 Å². The minimum absolute atomic E-state index is 0.0738. The second-order valence-electron chi connectivity index (χ2n) is 5.80. The highest BCUT2D eigenvalue weighted by molar-refractivity contribution is 7.93. The van der Waals surface area contributed by atoms with Gasteiger partial charge in [-0.15, -0.1) is 4.40 Å². The number of anilines is 1. The highest BCUT2D eigenvalue weighted by Crippen LogP contribution is 2.43. The summed E-state index contributed by atoms with van der Waals surface area (Å²) in [5.74, 6) is -3.58. The van der Waals surface area contributed by atoms with Gasteiger partial charge < -0.3 is 14.6 Å². The van der Waals surface area contributed by atoms with Crippen LogP contribution < -0.4 is 4.31 Å².